The molecule has 1 N–H and O–H groups in total. The first kappa shape index (κ1) is 13.8. The van der Waals surface area contributed by atoms with Gasteiger partial charge in [0.1, 0.15) is 6.54 Å². The smallest absolute Gasteiger partial charge is 0.323 e. The highest BCUT2D eigenvalue weighted by Gasteiger charge is 2.12. The van der Waals surface area contributed by atoms with Crippen LogP contribution in [-0.4, -0.2) is 40.2 Å². The van der Waals surface area contributed by atoms with Gasteiger partial charge in [-0.1, -0.05) is 5.92 Å². The number of hydrogen-bond acceptors (Lipinski definition) is 5. The lowest BCUT2D eigenvalue weighted by Gasteiger charge is -2.19. The Bertz CT molecular complexity index is 454. The second-order valence-corrected chi connectivity index (χ2v) is 3.84. The van der Waals surface area contributed by atoms with Crippen molar-refractivity contribution in [2.75, 3.05) is 18.0 Å². The number of nitrogens with zero attached hydrogens (tertiary/aromatic N) is 3. The molecular weight excluding hydrogens is 234 g/mol. The number of aliphatic carboxylic acids is 1. The molecule has 0 bridgehead atoms. The van der Waals surface area contributed by atoms with Gasteiger partial charge in [0.2, 0.25) is 5.88 Å². The summed E-state index contributed by atoms with van der Waals surface area (Å²) in [6.45, 7) is 3.64. The number of ether oxygens (including phenoxy) is 1. The molecule has 1 heterocycles. The SMILES string of the molecule is C#CCN(CC(=O)O)c1cncc(OC(C)C)n1. The molecule has 0 unspecified atom stereocenters. The summed E-state index contributed by atoms with van der Waals surface area (Å²) >= 11 is 0. The average molecular weight is 249 g/mol. The van der Waals surface area contributed by atoms with Crippen LogP contribution >= 0.6 is 0 Å². The molecule has 6 nitrogen and oxygen atoms in total. The first-order valence-corrected chi connectivity index (χ1v) is 5.42. The van der Waals surface area contributed by atoms with Crippen molar-refractivity contribution < 1.29 is 14.6 Å². The van der Waals surface area contributed by atoms with Crippen molar-refractivity contribution in [3.05, 3.63) is 12.4 Å². The van der Waals surface area contributed by atoms with Crippen molar-refractivity contribution in [2.45, 2.75) is 20.0 Å². The fraction of sp³-hybridized carbons (Fsp3) is 0.417. The molecule has 6 heteroatoms. The van der Waals surface area contributed by atoms with Crippen molar-refractivity contribution in [3.63, 3.8) is 0 Å². The maximum Gasteiger partial charge on any atom is 0.323 e. The summed E-state index contributed by atoms with van der Waals surface area (Å²) in [6.07, 6.45) is 8.09. The van der Waals surface area contributed by atoms with Gasteiger partial charge in [0.25, 0.3) is 0 Å². The van der Waals surface area contributed by atoms with Crippen LogP contribution < -0.4 is 9.64 Å². The molecule has 0 atom stereocenters. The zero-order valence-corrected chi connectivity index (χ0v) is 10.3. The normalized spacial score (nSPS) is 9.89. The van der Waals surface area contributed by atoms with E-state index in [4.69, 9.17) is 16.3 Å². The van der Waals surface area contributed by atoms with Crippen LogP contribution in [0.2, 0.25) is 0 Å². The molecule has 0 spiro atoms. The van der Waals surface area contributed by atoms with Crippen molar-refractivity contribution in [2.24, 2.45) is 0 Å². The van der Waals surface area contributed by atoms with E-state index in [1.54, 1.807) is 0 Å². The van der Waals surface area contributed by atoms with Crippen LogP contribution in [0.1, 0.15) is 13.8 Å². The van der Waals surface area contributed by atoms with Crippen molar-refractivity contribution in [3.8, 4) is 18.2 Å². The van der Waals surface area contributed by atoms with E-state index in [-0.39, 0.29) is 19.2 Å². The topological polar surface area (TPSA) is 75.6 Å². The van der Waals surface area contributed by atoms with Gasteiger partial charge in [0.15, 0.2) is 5.82 Å². The molecule has 0 radical (unpaired) electrons. The Morgan fingerprint density at radius 3 is 2.89 bits per heavy atom. The summed E-state index contributed by atoms with van der Waals surface area (Å²) in [5.74, 6) is 2.13. The van der Waals surface area contributed by atoms with Gasteiger partial charge in [0, 0.05) is 0 Å². The van der Waals surface area contributed by atoms with E-state index < -0.39 is 5.97 Å². The van der Waals surface area contributed by atoms with Crippen LogP contribution in [0, 0.1) is 12.3 Å². The quantitative estimate of drug-likeness (QED) is 0.751. The van der Waals surface area contributed by atoms with E-state index >= 15 is 0 Å². The third-order valence-electron chi connectivity index (χ3n) is 1.89. The first-order chi connectivity index (χ1) is 8.52. The number of aromatic nitrogens is 2. The minimum absolute atomic E-state index is 0.0323. The predicted molar refractivity (Wildman–Crippen MR) is 66.5 cm³/mol. The van der Waals surface area contributed by atoms with E-state index in [2.05, 4.69) is 15.9 Å². The second kappa shape index (κ2) is 6.45. The van der Waals surface area contributed by atoms with Gasteiger partial charge in [-0.3, -0.25) is 9.78 Å². The molecule has 96 valence electrons. The van der Waals surface area contributed by atoms with Gasteiger partial charge in [-0.05, 0) is 13.8 Å². The van der Waals surface area contributed by atoms with Crippen LogP contribution in [0.4, 0.5) is 5.82 Å². The molecular formula is C12H15N3O3. The molecule has 1 aromatic heterocycles. The number of terminal acetylenes is 1. The van der Waals surface area contributed by atoms with Crippen LogP contribution in [-0.2, 0) is 4.79 Å². The van der Waals surface area contributed by atoms with Gasteiger partial charge >= 0.3 is 5.97 Å². The number of hydrogen-bond donors (Lipinski definition) is 1. The minimum atomic E-state index is -0.984. The third kappa shape index (κ3) is 4.29. The number of carboxylic acid groups (broad SMARTS) is 1. The van der Waals surface area contributed by atoms with Gasteiger partial charge < -0.3 is 14.7 Å². The molecule has 0 aliphatic carbocycles. The van der Waals surface area contributed by atoms with E-state index in [0.717, 1.165) is 0 Å². The maximum absolute atomic E-state index is 10.7. The highest BCUT2D eigenvalue weighted by molar-refractivity contribution is 5.73. The molecule has 0 aromatic carbocycles. The van der Waals surface area contributed by atoms with Crippen molar-refractivity contribution >= 4 is 11.8 Å². The summed E-state index contributed by atoms with van der Waals surface area (Å²) in [5.41, 5.74) is 0. The molecule has 0 aliphatic heterocycles. The zero-order chi connectivity index (χ0) is 13.5. The monoisotopic (exact) mass is 249 g/mol. The second-order valence-electron chi connectivity index (χ2n) is 3.84. The predicted octanol–water partition coefficient (Wildman–Crippen LogP) is 0.788. The first-order valence-electron chi connectivity index (χ1n) is 5.42. The number of carboxylic acids is 1. The molecule has 1 rings (SSSR count). The summed E-state index contributed by atoms with van der Waals surface area (Å²) in [6, 6.07) is 0. The Kier molecular flexibility index (Phi) is 4.93. The van der Waals surface area contributed by atoms with Crippen LogP contribution in [0.25, 0.3) is 0 Å². The Morgan fingerprint density at radius 2 is 2.33 bits per heavy atom. The number of anilines is 1. The Hall–Kier alpha value is -2.29. The average Bonchev–Trinajstić information content (AvgIpc) is 2.27. The zero-order valence-electron chi connectivity index (χ0n) is 10.3. The fourth-order valence-corrected chi connectivity index (χ4v) is 1.28. The lowest BCUT2D eigenvalue weighted by atomic mass is 10.4. The van der Waals surface area contributed by atoms with Gasteiger partial charge in [-0.2, -0.15) is 4.98 Å². The summed E-state index contributed by atoms with van der Waals surface area (Å²) in [7, 11) is 0. The van der Waals surface area contributed by atoms with Gasteiger partial charge in [-0.25, -0.2) is 0 Å². The van der Waals surface area contributed by atoms with E-state index in [1.807, 2.05) is 13.8 Å². The number of rotatable bonds is 6. The standard InChI is InChI=1S/C12H15N3O3/c1-4-5-15(8-12(16)17)10-6-13-7-11(14-10)18-9(2)3/h1,6-7,9H,5,8H2,2-3H3,(H,16,17). The van der Waals surface area contributed by atoms with Crippen LogP contribution in [0.5, 0.6) is 5.88 Å². The summed E-state index contributed by atoms with van der Waals surface area (Å²) in [4.78, 5) is 20.3. The van der Waals surface area contributed by atoms with Crippen molar-refractivity contribution in [1.82, 2.24) is 9.97 Å². The Labute approximate surface area is 106 Å². The lowest BCUT2D eigenvalue weighted by molar-refractivity contribution is -0.135. The third-order valence-corrected chi connectivity index (χ3v) is 1.89. The highest BCUT2D eigenvalue weighted by Crippen LogP contribution is 2.14. The largest absolute Gasteiger partial charge is 0.480 e. The minimum Gasteiger partial charge on any atom is -0.480 e. The highest BCUT2D eigenvalue weighted by atomic mass is 16.5. The summed E-state index contributed by atoms with van der Waals surface area (Å²) in [5, 5.41) is 8.80. The van der Waals surface area contributed by atoms with Gasteiger partial charge in [0.05, 0.1) is 25.0 Å². The lowest BCUT2D eigenvalue weighted by Crippen LogP contribution is -2.31. The Balaban J connectivity index is 2.90. The molecule has 18 heavy (non-hydrogen) atoms. The Morgan fingerprint density at radius 1 is 1.61 bits per heavy atom. The fourth-order valence-electron chi connectivity index (χ4n) is 1.28. The van der Waals surface area contributed by atoms with Crippen molar-refractivity contribution in [1.29, 1.82) is 0 Å². The summed E-state index contributed by atoms with van der Waals surface area (Å²) < 4.78 is 5.39. The van der Waals surface area contributed by atoms with Gasteiger partial charge in [-0.15, -0.1) is 6.42 Å². The van der Waals surface area contributed by atoms with E-state index in [9.17, 15) is 4.79 Å². The maximum atomic E-state index is 10.7. The molecule has 1 aromatic rings. The molecule has 0 aliphatic rings. The molecule has 0 saturated heterocycles. The molecule has 0 amide bonds. The van der Waals surface area contributed by atoms with E-state index in [0.29, 0.717) is 11.7 Å². The van der Waals surface area contributed by atoms with Crippen LogP contribution in [0.15, 0.2) is 12.4 Å². The number of carbonyl (C=O) groups is 1. The van der Waals surface area contributed by atoms with E-state index in [1.165, 1.54) is 17.3 Å². The molecule has 0 saturated carbocycles. The van der Waals surface area contributed by atoms with Crippen LogP contribution in [0.3, 0.4) is 0 Å². The molecule has 0 fully saturated rings.